The van der Waals surface area contributed by atoms with Gasteiger partial charge in [0.25, 0.3) is 0 Å². The molecule has 7 heteroatoms. The molecule has 2 atom stereocenters. The topological polar surface area (TPSA) is 67.9 Å². The highest BCUT2D eigenvalue weighted by Gasteiger charge is 2.41. The predicted molar refractivity (Wildman–Crippen MR) is 129 cm³/mol. The second-order valence-corrected chi connectivity index (χ2v) is 8.05. The Morgan fingerprint density at radius 2 is 1.65 bits per heavy atom. The van der Waals surface area contributed by atoms with Crippen LogP contribution in [0.2, 0.25) is 0 Å². The predicted octanol–water partition coefficient (Wildman–Crippen LogP) is 5.36. The van der Waals surface area contributed by atoms with Crippen molar-refractivity contribution >= 4 is 23.2 Å². The minimum Gasteiger partial charge on any atom is -0.497 e. The smallest absolute Gasteiger partial charge is 0.229 e. The minimum absolute atomic E-state index is 0.0930. The van der Waals surface area contributed by atoms with E-state index in [1.54, 1.807) is 72.7 Å². The Morgan fingerprint density at radius 1 is 1.00 bits per heavy atom. The third-order valence-corrected chi connectivity index (χ3v) is 5.93. The van der Waals surface area contributed by atoms with Crippen molar-refractivity contribution in [2.45, 2.75) is 25.8 Å². The summed E-state index contributed by atoms with van der Waals surface area (Å²) in [6.07, 6.45) is 0.613. The molecule has 0 unspecified atom stereocenters. The van der Waals surface area contributed by atoms with Crippen LogP contribution in [0.15, 0.2) is 72.8 Å². The van der Waals surface area contributed by atoms with Gasteiger partial charge in [0.1, 0.15) is 17.3 Å². The van der Waals surface area contributed by atoms with E-state index in [4.69, 9.17) is 9.47 Å². The zero-order valence-electron chi connectivity index (χ0n) is 19.2. The molecule has 1 fully saturated rings. The van der Waals surface area contributed by atoms with Crippen molar-refractivity contribution in [3.63, 3.8) is 0 Å². The molecule has 4 rings (SSSR count). The van der Waals surface area contributed by atoms with Crippen LogP contribution in [0.3, 0.4) is 0 Å². The van der Waals surface area contributed by atoms with Gasteiger partial charge in [-0.1, -0.05) is 12.1 Å². The molecule has 1 saturated heterocycles. The summed E-state index contributed by atoms with van der Waals surface area (Å²) in [5.41, 5.74) is 1.98. The van der Waals surface area contributed by atoms with Gasteiger partial charge in [-0.15, -0.1) is 0 Å². The maximum absolute atomic E-state index is 13.7. The monoisotopic (exact) mass is 462 g/mol. The number of carbonyl (C=O) groups is 2. The van der Waals surface area contributed by atoms with E-state index in [1.165, 1.54) is 12.1 Å². The molecule has 0 bridgehead atoms. The molecule has 0 aliphatic carbocycles. The van der Waals surface area contributed by atoms with Gasteiger partial charge in [-0.3, -0.25) is 9.59 Å². The van der Waals surface area contributed by atoms with Crippen LogP contribution >= 0.6 is 0 Å². The summed E-state index contributed by atoms with van der Waals surface area (Å²) >= 11 is 0. The fourth-order valence-electron chi connectivity index (χ4n) is 4.29. The maximum atomic E-state index is 13.7. The summed E-state index contributed by atoms with van der Waals surface area (Å²) in [5, 5.41) is 2.97. The summed E-state index contributed by atoms with van der Waals surface area (Å²) in [5.74, 6) is 0.179. The third-order valence-electron chi connectivity index (χ3n) is 5.93. The van der Waals surface area contributed by atoms with Crippen LogP contribution in [0.1, 0.15) is 31.4 Å². The molecular formula is C27H27FN2O4. The largest absolute Gasteiger partial charge is 0.497 e. The molecule has 0 saturated carbocycles. The number of amides is 2. The first kappa shape index (κ1) is 23.3. The highest BCUT2D eigenvalue weighted by molar-refractivity contribution is 6.00. The van der Waals surface area contributed by atoms with Crippen molar-refractivity contribution in [1.29, 1.82) is 0 Å². The van der Waals surface area contributed by atoms with Crippen LogP contribution in [-0.2, 0) is 9.59 Å². The molecule has 1 heterocycles. The molecule has 1 N–H and O–H groups in total. The quantitative estimate of drug-likeness (QED) is 0.514. The van der Waals surface area contributed by atoms with Crippen molar-refractivity contribution in [2.24, 2.45) is 5.92 Å². The molecule has 2 amide bonds. The number of piperidine rings is 1. The van der Waals surface area contributed by atoms with Crippen LogP contribution in [0.25, 0.3) is 0 Å². The molecule has 176 valence electrons. The second kappa shape index (κ2) is 10.4. The average Bonchev–Trinajstić information content (AvgIpc) is 2.86. The number of carbonyl (C=O) groups excluding carboxylic acids is 2. The summed E-state index contributed by atoms with van der Waals surface area (Å²) in [6, 6.07) is 19.7. The molecule has 1 aliphatic heterocycles. The van der Waals surface area contributed by atoms with Gasteiger partial charge in [-0.05, 0) is 79.6 Å². The number of ether oxygens (including phenoxy) is 2. The Balaban J connectivity index is 1.67. The third kappa shape index (κ3) is 5.03. The summed E-state index contributed by atoms with van der Waals surface area (Å²) in [4.78, 5) is 28.2. The lowest BCUT2D eigenvalue weighted by Gasteiger charge is -2.41. The Kier molecular flexibility index (Phi) is 7.11. The van der Waals surface area contributed by atoms with Crippen molar-refractivity contribution < 1.29 is 23.5 Å². The van der Waals surface area contributed by atoms with Gasteiger partial charge in [0.15, 0.2) is 0 Å². The second-order valence-electron chi connectivity index (χ2n) is 8.05. The van der Waals surface area contributed by atoms with Crippen LogP contribution in [0.5, 0.6) is 11.5 Å². The first-order chi connectivity index (χ1) is 16.5. The SMILES string of the molecule is CCOc1ccc(NC(=O)[C@H]2CCC(=O)N(c3ccc(OC)cc3)[C@@H]2c2ccc(F)cc2)cc1. The molecule has 1 aliphatic rings. The normalized spacial score (nSPS) is 17.9. The lowest BCUT2D eigenvalue weighted by Crippen LogP contribution is -2.47. The molecule has 34 heavy (non-hydrogen) atoms. The fourth-order valence-corrected chi connectivity index (χ4v) is 4.29. The van der Waals surface area contributed by atoms with E-state index in [1.807, 2.05) is 6.92 Å². The number of hydrogen-bond donors (Lipinski definition) is 1. The van der Waals surface area contributed by atoms with Gasteiger partial charge < -0.3 is 19.7 Å². The molecular weight excluding hydrogens is 435 g/mol. The zero-order chi connectivity index (χ0) is 24.1. The zero-order valence-corrected chi connectivity index (χ0v) is 19.2. The fraction of sp³-hybridized carbons (Fsp3) is 0.259. The maximum Gasteiger partial charge on any atom is 0.229 e. The van der Waals surface area contributed by atoms with E-state index in [2.05, 4.69) is 5.32 Å². The van der Waals surface area contributed by atoms with Gasteiger partial charge in [-0.2, -0.15) is 0 Å². The van der Waals surface area contributed by atoms with Gasteiger partial charge >= 0.3 is 0 Å². The highest BCUT2D eigenvalue weighted by Crippen LogP contribution is 2.41. The lowest BCUT2D eigenvalue weighted by molar-refractivity contribution is -0.125. The Hall–Kier alpha value is -3.87. The van der Waals surface area contributed by atoms with Gasteiger partial charge in [0.2, 0.25) is 11.8 Å². The van der Waals surface area contributed by atoms with E-state index in [9.17, 15) is 14.0 Å². The number of rotatable bonds is 7. The Labute approximate surface area is 198 Å². The Bertz CT molecular complexity index is 1130. The molecule has 3 aromatic carbocycles. The van der Waals surface area contributed by atoms with E-state index in [-0.39, 0.29) is 24.1 Å². The van der Waals surface area contributed by atoms with Crippen LogP contribution in [0.4, 0.5) is 15.8 Å². The standard InChI is InChI=1S/C27H27FN2O4/c1-3-34-23-12-8-20(9-13-23)29-27(32)24-16-17-25(31)30(21-10-14-22(33-2)15-11-21)26(24)18-4-6-19(28)7-5-18/h4-15,24,26H,3,16-17H2,1-2H3,(H,29,32)/t24-,26+/m0/s1. The number of anilines is 2. The van der Waals surface area contributed by atoms with E-state index < -0.39 is 12.0 Å². The van der Waals surface area contributed by atoms with Gasteiger partial charge in [0, 0.05) is 17.8 Å². The van der Waals surface area contributed by atoms with Crippen LogP contribution in [0, 0.1) is 11.7 Å². The number of benzene rings is 3. The lowest BCUT2D eigenvalue weighted by atomic mass is 9.83. The first-order valence-electron chi connectivity index (χ1n) is 11.3. The first-order valence-corrected chi connectivity index (χ1v) is 11.3. The minimum atomic E-state index is -0.585. The van der Waals surface area contributed by atoms with Crippen LogP contribution in [-0.4, -0.2) is 25.5 Å². The number of methoxy groups -OCH3 is 1. The van der Waals surface area contributed by atoms with E-state index in [0.717, 1.165) is 5.75 Å². The summed E-state index contributed by atoms with van der Waals surface area (Å²) < 4.78 is 24.4. The summed E-state index contributed by atoms with van der Waals surface area (Å²) in [6.45, 7) is 2.46. The van der Waals surface area contributed by atoms with Crippen molar-refractivity contribution in [3.05, 3.63) is 84.2 Å². The molecule has 0 radical (unpaired) electrons. The number of nitrogens with one attached hydrogen (secondary N) is 1. The van der Waals surface area contributed by atoms with Crippen molar-refractivity contribution in [1.82, 2.24) is 0 Å². The summed E-state index contributed by atoms with van der Waals surface area (Å²) in [7, 11) is 1.57. The molecule has 0 spiro atoms. The van der Waals surface area contributed by atoms with E-state index >= 15 is 0 Å². The van der Waals surface area contributed by atoms with Crippen molar-refractivity contribution in [2.75, 3.05) is 23.9 Å². The van der Waals surface area contributed by atoms with Crippen molar-refractivity contribution in [3.8, 4) is 11.5 Å². The number of halogens is 1. The highest BCUT2D eigenvalue weighted by atomic mass is 19.1. The molecule has 0 aromatic heterocycles. The number of hydrogen-bond acceptors (Lipinski definition) is 4. The van der Waals surface area contributed by atoms with Gasteiger partial charge in [0.05, 0.1) is 25.7 Å². The van der Waals surface area contributed by atoms with E-state index in [0.29, 0.717) is 35.7 Å². The number of nitrogens with zero attached hydrogens (tertiary/aromatic N) is 1. The molecule has 3 aromatic rings. The Morgan fingerprint density at radius 3 is 2.26 bits per heavy atom. The van der Waals surface area contributed by atoms with Crippen LogP contribution < -0.4 is 19.7 Å². The van der Waals surface area contributed by atoms with Gasteiger partial charge in [-0.25, -0.2) is 4.39 Å². The average molecular weight is 463 g/mol. The molecule has 6 nitrogen and oxygen atoms in total.